The SMILES string of the molecule is CCN1c2ccccc2Cc2cc3cc4c(cc3cc21)Cc1ccccc1C4. The van der Waals surface area contributed by atoms with Crippen LogP contribution >= 0.6 is 0 Å². The summed E-state index contributed by atoms with van der Waals surface area (Å²) in [5.41, 5.74) is 11.6. The van der Waals surface area contributed by atoms with Crippen molar-refractivity contribution in [2.45, 2.75) is 26.2 Å². The Kier molecular flexibility index (Phi) is 3.40. The molecule has 1 aliphatic heterocycles. The lowest BCUT2D eigenvalue weighted by Gasteiger charge is -2.33. The van der Waals surface area contributed by atoms with E-state index >= 15 is 0 Å². The van der Waals surface area contributed by atoms with E-state index in [0.717, 1.165) is 25.8 Å². The summed E-state index contributed by atoms with van der Waals surface area (Å²) in [6, 6.07) is 27.5. The van der Waals surface area contributed by atoms with Crippen LogP contribution in [0.2, 0.25) is 0 Å². The van der Waals surface area contributed by atoms with Crippen molar-refractivity contribution in [3.63, 3.8) is 0 Å². The number of anilines is 2. The zero-order valence-corrected chi connectivity index (χ0v) is 16.2. The maximum atomic E-state index is 2.47. The van der Waals surface area contributed by atoms with Crippen LogP contribution in [0.5, 0.6) is 0 Å². The smallest absolute Gasteiger partial charge is 0.0453 e. The average molecular weight is 361 g/mol. The number of para-hydroxylation sites is 1. The molecule has 1 heteroatoms. The Balaban J connectivity index is 1.51. The summed E-state index contributed by atoms with van der Waals surface area (Å²) in [5.74, 6) is 0. The molecule has 4 aromatic carbocycles. The van der Waals surface area contributed by atoms with Crippen molar-refractivity contribution >= 4 is 22.1 Å². The second-order valence-electron chi connectivity index (χ2n) is 8.12. The first-order chi connectivity index (χ1) is 13.8. The molecule has 1 aliphatic carbocycles. The van der Waals surface area contributed by atoms with Crippen LogP contribution in [0.15, 0.2) is 72.8 Å². The highest BCUT2D eigenvalue weighted by Gasteiger charge is 2.23. The highest BCUT2D eigenvalue weighted by molar-refractivity contribution is 5.91. The van der Waals surface area contributed by atoms with Gasteiger partial charge >= 0.3 is 0 Å². The van der Waals surface area contributed by atoms with Crippen molar-refractivity contribution in [3.8, 4) is 0 Å². The van der Waals surface area contributed by atoms with Crippen molar-refractivity contribution in [1.82, 2.24) is 0 Å². The van der Waals surface area contributed by atoms with E-state index in [1.54, 1.807) is 0 Å². The molecular weight excluding hydrogens is 338 g/mol. The molecule has 0 fully saturated rings. The molecule has 4 aromatic rings. The second kappa shape index (κ2) is 5.97. The summed E-state index contributed by atoms with van der Waals surface area (Å²) in [6.45, 7) is 3.24. The predicted molar refractivity (Wildman–Crippen MR) is 118 cm³/mol. The second-order valence-corrected chi connectivity index (χ2v) is 8.12. The molecule has 1 nitrogen and oxygen atoms in total. The number of rotatable bonds is 1. The largest absolute Gasteiger partial charge is 0.341 e. The van der Waals surface area contributed by atoms with Gasteiger partial charge in [-0.1, -0.05) is 54.6 Å². The monoisotopic (exact) mass is 361 g/mol. The molecule has 0 amide bonds. The van der Waals surface area contributed by atoms with E-state index in [2.05, 4.69) is 84.6 Å². The van der Waals surface area contributed by atoms with Crippen LogP contribution in [0.4, 0.5) is 11.4 Å². The fraction of sp³-hybridized carbons (Fsp3) is 0.185. The molecule has 0 saturated heterocycles. The van der Waals surface area contributed by atoms with E-state index in [1.807, 2.05) is 0 Å². The average Bonchev–Trinajstić information content (AvgIpc) is 2.73. The molecule has 0 spiro atoms. The third-order valence-corrected chi connectivity index (χ3v) is 6.51. The molecular formula is C27H23N. The Labute approximate surface area is 166 Å². The number of hydrogen-bond acceptors (Lipinski definition) is 1. The third-order valence-electron chi connectivity index (χ3n) is 6.51. The Morgan fingerprint density at radius 1 is 0.571 bits per heavy atom. The van der Waals surface area contributed by atoms with Crippen LogP contribution in [0.25, 0.3) is 10.8 Å². The molecule has 136 valence electrons. The van der Waals surface area contributed by atoms with E-state index in [-0.39, 0.29) is 0 Å². The van der Waals surface area contributed by atoms with Crippen LogP contribution in [-0.4, -0.2) is 6.54 Å². The highest BCUT2D eigenvalue weighted by atomic mass is 15.1. The van der Waals surface area contributed by atoms with Gasteiger partial charge in [0.15, 0.2) is 0 Å². The third kappa shape index (κ3) is 2.32. The fourth-order valence-electron chi connectivity index (χ4n) is 5.11. The van der Waals surface area contributed by atoms with Crippen molar-refractivity contribution in [2.75, 3.05) is 11.4 Å². The van der Waals surface area contributed by atoms with Gasteiger partial charge in [-0.2, -0.15) is 0 Å². The van der Waals surface area contributed by atoms with Gasteiger partial charge in [-0.15, -0.1) is 0 Å². The maximum Gasteiger partial charge on any atom is 0.0453 e. The summed E-state index contributed by atoms with van der Waals surface area (Å²) < 4.78 is 0. The van der Waals surface area contributed by atoms with Gasteiger partial charge in [0.05, 0.1) is 0 Å². The molecule has 0 saturated carbocycles. The molecule has 0 bridgehead atoms. The zero-order valence-electron chi connectivity index (χ0n) is 16.2. The van der Waals surface area contributed by atoms with Gasteiger partial charge in [-0.05, 0) is 82.1 Å². The highest BCUT2D eigenvalue weighted by Crippen LogP contribution is 2.41. The van der Waals surface area contributed by atoms with Gasteiger partial charge < -0.3 is 4.90 Å². The standard InChI is InChI=1S/C27H23N/c1-2-28-26-10-6-5-9-20(26)13-25-16-23-14-21-11-18-7-3-4-8-19(18)12-22(21)15-24(23)17-27(25)28/h3-10,14-17H,2,11-13H2,1H3. The van der Waals surface area contributed by atoms with Gasteiger partial charge in [0, 0.05) is 24.3 Å². The Bertz CT molecular complexity index is 1230. The molecule has 28 heavy (non-hydrogen) atoms. The topological polar surface area (TPSA) is 3.24 Å². The minimum atomic E-state index is 0.994. The van der Waals surface area contributed by atoms with E-state index in [1.165, 1.54) is 55.5 Å². The van der Waals surface area contributed by atoms with Gasteiger partial charge in [0.1, 0.15) is 0 Å². The van der Waals surface area contributed by atoms with Crippen molar-refractivity contribution in [2.24, 2.45) is 0 Å². The summed E-state index contributed by atoms with van der Waals surface area (Å²) in [5, 5.41) is 2.75. The molecule has 2 aliphatic rings. The van der Waals surface area contributed by atoms with Crippen LogP contribution in [0.1, 0.15) is 40.3 Å². The lowest BCUT2D eigenvalue weighted by atomic mass is 9.84. The van der Waals surface area contributed by atoms with E-state index < -0.39 is 0 Å². The van der Waals surface area contributed by atoms with Crippen molar-refractivity contribution in [3.05, 3.63) is 106 Å². The Morgan fingerprint density at radius 2 is 1.11 bits per heavy atom. The van der Waals surface area contributed by atoms with E-state index in [9.17, 15) is 0 Å². The van der Waals surface area contributed by atoms with Crippen LogP contribution in [-0.2, 0) is 19.3 Å². The van der Waals surface area contributed by atoms with Gasteiger partial charge in [0.25, 0.3) is 0 Å². The summed E-state index contributed by atoms with van der Waals surface area (Å²) in [6.07, 6.45) is 3.14. The lowest BCUT2D eigenvalue weighted by molar-refractivity contribution is 0.963. The first kappa shape index (κ1) is 15.9. The van der Waals surface area contributed by atoms with Crippen LogP contribution in [0, 0.1) is 0 Å². The number of benzene rings is 4. The van der Waals surface area contributed by atoms with E-state index in [4.69, 9.17) is 0 Å². The van der Waals surface area contributed by atoms with Gasteiger partial charge in [0.2, 0.25) is 0 Å². The normalized spacial score (nSPS) is 14.2. The summed E-state index contributed by atoms with van der Waals surface area (Å²) >= 11 is 0. The maximum absolute atomic E-state index is 2.47. The zero-order chi connectivity index (χ0) is 18.7. The van der Waals surface area contributed by atoms with Gasteiger partial charge in [-0.25, -0.2) is 0 Å². The summed E-state index contributed by atoms with van der Waals surface area (Å²) in [7, 11) is 0. The molecule has 0 atom stereocenters. The van der Waals surface area contributed by atoms with Crippen LogP contribution < -0.4 is 4.90 Å². The quantitative estimate of drug-likeness (QED) is 0.334. The Hall–Kier alpha value is -3.06. The number of nitrogens with zero attached hydrogens (tertiary/aromatic N) is 1. The molecule has 1 heterocycles. The van der Waals surface area contributed by atoms with E-state index in [0.29, 0.717) is 0 Å². The predicted octanol–water partition coefficient (Wildman–Crippen LogP) is 6.40. The first-order valence-electron chi connectivity index (χ1n) is 10.3. The Morgan fingerprint density at radius 3 is 1.79 bits per heavy atom. The van der Waals surface area contributed by atoms with Crippen LogP contribution in [0.3, 0.4) is 0 Å². The van der Waals surface area contributed by atoms with Crippen molar-refractivity contribution in [1.29, 1.82) is 0 Å². The van der Waals surface area contributed by atoms with Gasteiger partial charge in [-0.3, -0.25) is 0 Å². The molecule has 0 unspecified atom stereocenters. The fourth-order valence-corrected chi connectivity index (χ4v) is 5.11. The molecule has 0 N–H and O–H groups in total. The summed E-state index contributed by atoms with van der Waals surface area (Å²) in [4.78, 5) is 2.47. The number of hydrogen-bond donors (Lipinski definition) is 0. The first-order valence-corrected chi connectivity index (χ1v) is 10.3. The molecule has 0 aromatic heterocycles. The minimum absolute atomic E-state index is 0.994. The lowest BCUT2D eigenvalue weighted by Crippen LogP contribution is -2.22. The molecule has 6 rings (SSSR count). The van der Waals surface area contributed by atoms with Crippen molar-refractivity contribution < 1.29 is 0 Å². The number of fused-ring (bicyclic) bond motifs is 5. The molecule has 0 radical (unpaired) electrons. The minimum Gasteiger partial charge on any atom is -0.341 e.